The number of ether oxygens (including phenoxy) is 1. The maximum absolute atomic E-state index is 6.26. The van der Waals surface area contributed by atoms with Gasteiger partial charge in [0, 0.05) is 35.0 Å². The predicted octanol–water partition coefficient (Wildman–Crippen LogP) is 3.15. The van der Waals surface area contributed by atoms with Crippen LogP contribution in [0.25, 0.3) is 0 Å². The van der Waals surface area contributed by atoms with E-state index >= 15 is 0 Å². The Labute approximate surface area is 127 Å². The van der Waals surface area contributed by atoms with Crippen molar-refractivity contribution >= 4 is 22.9 Å². The van der Waals surface area contributed by atoms with E-state index in [0.29, 0.717) is 0 Å². The second-order valence-electron chi connectivity index (χ2n) is 5.20. The van der Waals surface area contributed by atoms with Crippen molar-refractivity contribution in [2.24, 2.45) is 5.73 Å². The number of aryl methyl sites for hydroxylation is 1. The Hall–Kier alpha value is -1.10. The lowest BCUT2D eigenvalue weighted by molar-refractivity contribution is 0.352. The fourth-order valence-corrected chi connectivity index (χ4v) is 3.70. The van der Waals surface area contributed by atoms with Gasteiger partial charge >= 0.3 is 0 Å². The first-order valence-corrected chi connectivity index (χ1v) is 7.98. The SMILES string of the molecule is Cc1csc(CC(N)Cc2cc(Cl)cc3c2OCC3)n1. The van der Waals surface area contributed by atoms with Crippen LogP contribution >= 0.6 is 22.9 Å². The maximum Gasteiger partial charge on any atom is 0.125 e. The number of hydrogen-bond acceptors (Lipinski definition) is 4. The molecule has 0 saturated heterocycles. The first kappa shape index (κ1) is 13.9. The lowest BCUT2D eigenvalue weighted by Crippen LogP contribution is -2.25. The zero-order valence-electron chi connectivity index (χ0n) is 11.4. The number of halogens is 1. The van der Waals surface area contributed by atoms with Crippen LogP contribution in [0.2, 0.25) is 5.02 Å². The van der Waals surface area contributed by atoms with E-state index in [9.17, 15) is 0 Å². The van der Waals surface area contributed by atoms with Crippen molar-refractivity contribution < 1.29 is 4.74 Å². The van der Waals surface area contributed by atoms with E-state index in [-0.39, 0.29) is 6.04 Å². The Morgan fingerprint density at radius 3 is 3.05 bits per heavy atom. The standard InChI is InChI=1S/C15H17ClN2OS/c1-9-8-20-14(18-9)7-13(17)6-11-5-12(16)4-10-2-3-19-15(10)11/h4-5,8,13H,2-3,6-7,17H2,1H3. The number of nitrogens with zero attached hydrogens (tertiary/aromatic N) is 1. The van der Waals surface area contributed by atoms with Gasteiger partial charge in [-0.1, -0.05) is 11.6 Å². The molecule has 3 nitrogen and oxygen atoms in total. The van der Waals surface area contributed by atoms with Crippen molar-refractivity contribution in [3.8, 4) is 5.75 Å². The third-order valence-electron chi connectivity index (χ3n) is 3.41. The molecule has 1 aliphatic heterocycles. The molecule has 2 heterocycles. The average molecular weight is 309 g/mol. The molecule has 0 saturated carbocycles. The summed E-state index contributed by atoms with van der Waals surface area (Å²) >= 11 is 7.84. The van der Waals surface area contributed by atoms with Crippen LogP contribution in [-0.2, 0) is 19.3 Å². The summed E-state index contributed by atoms with van der Waals surface area (Å²) in [7, 11) is 0. The molecule has 0 aliphatic carbocycles. The molecule has 0 spiro atoms. The molecule has 1 aliphatic rings. The first-order chi connectivity index (χ1) is 9.61. The fraction of sp³-hybridized carbons (Fsp3) is 0.400. The average Bonchev–Trinajstić information content (AvgIpc) is 2.98. The van der Waals surface area contributed by atoms with Crippen LogP contribution in [0.15, 0.2) is 17.5 Å². The lowest BCUT2D eigenvalue weighted by atomic mass is 10.0. The van der Waals surface area contributed by atoms with Gasteiger partial charge in [-0.2, -0.15) is 0 Å². The zero-order valence-corrected chi connectivity index (χ0v) is 12.9. The number of hydrogen-bond donors (Lipinski definition) is 1. The summed E-state index contributed by atoms with van der Waals surface area (Å²) in [5.41, 5.74) is 9.63. The highest BCUT2D eigenvalue weighted by Crippen LogP contribution is 2.33. The van der Waals surface area contributed by atoms with E-state index in [1.807, 2.05) is 19.1 Å². The van der Waals surface area contributed by atoms with E-state index in [1.54, 1.807) is 11.3 Å². The molecule has 0 radical (unpaired) electrons. The van der Waals surface area contributed by atoms with Gasteiger partial charge in [-0.15, -0.1) is 11.3 Å². The van der Waals surface area contributed by atoms with Crippen LogP contribution in [0.4, 0.5) is 0 Å². The number of benzene rings is 1. The van der Waals surface area contributed by atoms with Crippen molar-refractivity contribution in [2.75, 3.05) is 6.61 Å². The Morgan fingerprint density at radius 2 is 2.30 bits per heavy atom. The Morgan fingerprint density at radius 1 is 1.45 bits per heavy atom. The third kappa shape index (κ3) is 2.97. The molecule has 20 heavy (non-hydrogen) atoms. The molecule has 1 unspecified atom stereocenters. The summed E-state index contributed by atoms with van der Waals surface area (Å²) in [4.78, 5) is 4.46. The maximum atomic E-state index is 6.26. The van der Waals surface area contributed by atoms with Crippen LogP contribution < -0.4 is 10.5 Å². The monoisotopic (exact) mass is 308 g/mol. The normalized spacial score (nSPS) is 14.9. The number of thiazole rings is 1. The van der Waals surface area contributed by atoms with Crippen molar-refractivity contribution in [3.05, 3.63) is 44.4 Å². The smallest absolute Gasteiger partial charge is 0.125 e. The van der Waals surface area contributed by atoms with Gasteiger partial charge in [0.15, 0.2) is 0 Å². The molecule has 1 aromatic heterocycles. The van der Waals surface area contributed by atoms with Gasteiger partial charge in [0.2, 0.25) is 0 Å². The van der Waals surface area contributed by atoms with Crippen LogP contribution in [0.3, 0.4) is 0 Å². The molecule has 2 N–H and O–H groups in total. The molecule has 1 aromatic carbocycles. The Bertz CT molecular complexity index is 626. The lowest BCUT2D eigenvalue weighted by Gasteiger charge is -2.13. The molecular weight excluding hydrogens is 292 g/mol. The van der Waals surface area contributed by atoms with Crippen LogP contribution in [0.1, 0.15) is 21.8 Å². The molecule has 1 atom stereocenters. The molecule has 2 aromatic rings. The van der Waals surface area contributed by atoms with Crippen LogP contribution in [0, 0.1) is 6.92 Å². The van der Waals surface area contributed by atoms with E-state index in [2.05, 4.69) is 10.4 Å². The minimum Gasteiger partial charge on any atom is -0.493 e. The van der Waals surface area contributed by atoms with Gasteiger partial charge in [-0.05, 0) is 36.6 Å². The van der Waals surface area contributed by atoms with E-state index in [0.717, 1.165) is 52.9 Å². The molecule has 0 bridgehead atoms. The van der Waals surface area contributed by atoms with Crippen LogP contribution in [0.5, 0.6) is 5.75 Å². The molecule has 3 rings (SSSR count). The summed E-state index contributed by atoms with van der Waals surface area (Å²) < 4.78 is 5.71. The quantitative estimate of drug-likeness (QED) is 0.944. The Kier molecular flexibility index (Phi) is 3.96. The summed E-state index contributed by atoms with van der Waals surface area (Å²) in [5, 5.41) is 3.92. The van der Waals surface area contributed by atoms with Gasteiger partial charge in [0.25, 0.3) is 0 Å². The van der Waals surface area contributed by atoms with Gasteiger partial charge in [-0.3, -0.25) is 0 Å². The highest BCUT2D eigenvalue weighted by molar-refractivity contribution is 7.09. The largest absolute Gasteiger partial charge is 0.493 e. The zero-order chi connectivity index (χ0) is 14.1. The van der Waals surface area contributed by atoms with Crippen molar-refractivity contribution in [1.82, 2.24) is 4.98 Å². The van der Waals surface area contributed by atoms with E-state index < -0.39 is 0 Å². The van der Waals surface area contributed by atoms with Crippen molar-refractivity contribution in [2.45, 2.75) is 32.2 Å². The van der Waals surface area contributed by atoms with Gasteiger partial charge in [0.1, 0.15) is 5.75 Å². The van der Waals surface area contributed by atoms with E-state index in [1.165, 1.54) is 5.56 Å². The van der Waals surface area contributed by atoms with Crippen molar-refractivity contribution in [1.29, 1.82) is 0 Å². The van der Waals surface area contributed by atoms with Crippen molar-refractivity contribution in [3.63, 3.8) is 0 Å². The predicted molar refractivity (Wildman–Crippen MR) is 82.9 cm³/mol. The molecule has 5 heteroatoms. The minimum atomic E-state index is 0.0346. The highest BCUT2D eigenvalue weighted by atomic mass is 35.5. The summed E-state index contributed by atoms with van der Waals surface area (Å²) in [6.07, 6.45) is 2.49. The molecular formula is C15H17ClN2OS. The summed E-state index contributed by atoms with van der Waals surface area (Å²) in [6.45, 7) is 2.74. The number of aromatic nitrogens is 1. The van der Waals surface area contributed by atoms with E-state index in [4.69, 9.17) is 22.1 Å². The highest BCUT2D eigenvalue weighted by Gasteiger charge is 2.19. The fourth-order valence-electron chi connectivity index (χ4n) is 2.57. The first-order valence-electron chi connectivity index (χ1n) is 6.72. The summed E-state index contributed by atoms with van der Waals surface area (Å²) in [5.74, 6) is 0.986. The number of fused-ring (bicyclic) bond motifs is 1. The summed E-state index contributed by atoms with van der Waals surface area (Å²) in [6, 6.07) is 3.99. The van der Waals surface area contributed by atoms with Crippen LogP contribution in [-0.4, -0.2) is 17.6 Å². The topological polar surface area (TPSA) is 48.1 Å². The van der Waals surface area contributed by atoms with Gasteiger partial charge < -0.3 is 10.5 Å². The number of rotatable bonds is 4. The minimum absolute atomic E-state index is 0.0346. The second kappa shape index (κ2) is 5.72. The second-order valence-corrected chi connectivity index (χ2v) is 6.58. The molecule has 106 valence electrons. The number of nitrogens with two attached hydrogens (primary N) is 1. The molecule has 0 fully saturated rings. The third-order valence-corrected chi connectivity index (χ3v) is 4.62. The molecule has 0 amide bonds. The van der Waals surface area contributed by atoms with Gasteiger partial charge in [-0.25, -0.2) is 4.98 Å². The Balaban J connectivity index is 1.74. The van der Waals surface area contributed by atoms with Gasteiger partial charge in [0.05, 0.1) is 11.6 Å².